The van der Waals surface area contributed by atoms with Gasteiger partial charge in [0.15, 0.2) is 0 Å². The van der Waals surface area contributed by atoms with E-state index in [0.29, 0.717) is 6.54 Å². The van der Waals surface area contributed by atoms with Gasteiger partial charge in [0.05, 0.1) is 13.7 Å². The lowest BCUT2D eigenvalue weighted by Crippen LogP contribution is -2.00. The Kier molecular flexibility index (Phi) is 3.27. The lowest BCUT2D eigenvalue weighted by Gasteiger charge is -2.03. The summed E-state index contributed by atoms with van der Waals surface area (Å²) in [4.78, 5) is 10.7. The molecule has 2 aromatic rings. The lowest BCUT2D eigenvalue weighted by atomic mass is 10.2. The fraction of sp³-hybridized carbons (Fsp3) is 0.167. The van der Waals surface area contributed by atoms with Gasteiger partial charge in [0.25, 0.3) is 0 Å². The summed E-state index contributed by atoms with van der Waals surface area (Å²) in [7, 11) is 1.57. The Labute approximate surface area is 102 Å². The van der Waals surface area contributed by atoms with E-state index in [-0.39, 0.29) is 0 Å². The van der Waals surface area contributed by atoms with E-state index in [9.17, 15) is 9.18 Å². The molecule has 0 aliphatic carbocycles. The molecule has 0 bridgehead atoms. The standard InChI is InChI=1S/C12H11FN2O3/c1-18-9-4-2-8(3-5-9)6-15-7-10(12(16)17)11(13)14-15/h2-5,7H,6H2,1H3,(H,16,17). The minimum Gasteiger partial charge on any atom is -0.497 e. The molecule has 6 heteroatoms. The molecule has 1 heterocycles. The SMILES string of the molecule is COc1ccc(Cn2cc(C(=O)O)c(F)n2)cc1. The van der Waals surface area contributed by atoms with Crippen LogP contribution in [0, 0.1) is 5.95 Å². The van der Waals surface area contributed by atoms with Gasteiger partial charge in [-0.1, -0.05) is 12.1 Å². The van der Waals surface area contributed by atoms with E-state index in [1.807, 2.05) is 0 Å². The highest BCUT2D eigenvalue weighted by molar-refractivity contribution is 5.87. The Bertz CT molecular complexity index is 563. The summed E-state index contributed by atoms with van der Waals surface area (Å²) < 4.78 is 19.4. The normalized spacial score (nSPS) is 10.3. The summed E-state index contributed by atoms with van der Waals surface area (Å²) >= 11 is 0. The Morgan fingerprint density at radius 3 is 2.61 bits per heavy atom. The molecule has 0 atom stereocenters. The highest BCUT2D eigenvalue weighted by Crippen LogP contribution is 2.13. The third-order valence-corrected chi connectivity index (χ3v) is 2.45. The van der Waals surface area contributed by atoms with Crippen molar-refractivity contribution >= 4 is 5.97 Å². The molecule has 18 heavy (non-hydrogen) atoms. The Balaban J connectivity index is 2.18. The number of carboxylic acid groups (broad SMARTS) is 1. The summed E-state index contributed by atoms with van der Waals surface area (Å²) in [6.07, 6.45) is 1.17. The van der Waals surface area contributed by atoms with E-state index < -0.39 is 17.5 Å². The topological polar surface area (TPSA) is 64.3 Å². The predicted octanol–water partition coefficient (Wildman–Crippen LogP) is 1.78. The van der Waals surface area contributed by atoms with Crippen molar-refractivity contribution in [3.05, 3.63) is 47.5 Å². The van der Waals surface area contributed by atoms with Crippen LogP contribution in [0.4, 0.5) is 4.39 Å². The molecule has 0 fully saturated rings. The Hall–Kier alpha value is -2.37. The van der Waals surface area contributed by atoms with Crippen molar-refractivity contribution < 1.29 is 19.0 Å². The molecule has 94 valence electrons. The quantitative estimate of drug-likeness (QED) is 0.898. The van der Waals surface area contributed by atoms with Crippen molar-refractivity contribution in [2.45, 2.75) is 6.54 Å². The van der Waals surface area contributed by atoms with Gasteiger partial charge in [-0.15, -0.1) is 5.10 Å². The number of aromatic nitrogens is 2. The first kappa shape index (κ1) is 12.1. The molecule has 0 aliphatic rings. The van der Waals surface area contributed by atoms with Crippen LogP contribution < -0.4 is 4.74 Å². The first-order valence-electron chi connectivity index (χ1n) is 5.19. The van der Waals surface area contributed by atoms with Crippen LogP contribution in [-0.2, 0) is 6.54 Å². The van der Waals surface area contributed by atoms with Crippen molar-refractivity contribution in [1.82, 2.24) is 9.78 Å². The van der Waals surface area contributed by atoms with Gasteiger partial charge in [-0.05, 0) is 17.7 Å². The van der Waals surface area contributed by atoms with Crippen molar-refractivity contribution in [2.24, 2.45) is 0 Å². The number of rotatable bonds is 4. The number of aromatic carboxylic acids is 1. The van der Waals surface area contributed by atoms with Crippen LogP contribution in [0.15, 0.2) is 30.5 Å². The van der Waals surface area contributed by atoms with E-state index in [0.717, 1.165) is 11.3 Å². The fourth-order valence-corrected chi connectivity index (χ4v) is 1.54. The predicted molar refractivity (Wildman–Crippen MR) is 61.2 cm³/mol. The van der Waals surface area contributed by atoms with E-state index in [1.54, 1.807) is 31.4 Å². The second-order valence-electron chi connectivity index (χ2n) is 3.68. The van der Waals surface area contributed by atoms with Crippen LogP contribution in [0.5, 0.6) is 5.75 Å². The number of carbonyl (C=O) groups is 1. The summed E-state index contributed by atoms with van der Waals surface area (Å²) in [6.45, 7) is 0.300. The van der Waals surface area contributed by atoms with Crippen LogP contribution in [0.25, 0.3) is 0 Å². The summed E-state index contributed by atoms with van der Waals surface area (Å²) in [5.41, 5.74) is 0.443. The molecular weight excluding hydrogens is 239 g/mol. The van der Waals surface area contributed by atoms with E-state index in [2.05, 4.69) is 5.10 Å². The number of carboxylic acids is 1. The number of ether oxygens (including phenoxy) is 1. The van der Waals surface area contributed by atoms with Gasteiger partial charge in [0, 0.05) is 6.20 Å². The van der Waals surface area contributed by atoms with Crippen molar-refractivity contribution in [3.8, 4) is 5.75 Å². The first-order valence-corrected chi connectivity index (χ1v) is 5.19. The average molecular weight is 250 g/mol. The maximum Gasteiger partial charge on any atom is 0.342 e. The molecule has 0 saturated carbocycles. The molecule has 5 nitrogen and oxygen atoms in total. The van der Waals surface area contributed by atoms with Crippen LogP contribution >= 0.6 is 0 Å². The molecule has 0 radical (unpaired) electrons. The summed E-state index contributed by atoms with van der Waals surface area (Å²) in [5.74, 6) is -1.58. The molecule has 0 spiro atoms. The number of hydrogen-bond donors (Lipinski definition) is 1. The number of benzene rings is 1. The monoisotopic (exact) mass is 250 g/mol. The summed E-state index contributed by atoms with van der Waals surface area (Å²) in [6, 6.07) is 7.15. The lowest BCUT2D eigenvalue weighted by molar-refractivity contribution is 0.0692. The summed E-state index contributed by atoms with van der Waals surface area (Å²) in [5, 5.41) is 12.2. The van der Waals surface area contributed by atoms with Crippen molar-refractivity contribution in [2.75, 3.05) is 7.11 Å². The molecule has 0 aliphatic heterocycles. The van der Waals surface area contributed by atoms with Gasteiger partial charge in [-0.2, -0.15) is 4.39 Å². The maximum atomic E-state index is 13.1. The third-order valence-electron chi connectivity index (χ3n) is 2.45. The van der Waals surface area contributed by atoms with E-state index in [4.69, 9.17) is 9.84 Å². The van der Waals surface area contributed by atoms with Crippen LogP contribution in [0.1, 0.15) is 15.9 Å². The maximum absolute atomic E-state index is 13.1. The van der Waals surface area contributed by atoms with Gasteiger partial charge >= 0.3 is 5.97 Å². The van der Waals surface area contributed by atoms with Crippen LogP contribution in [0.2, 0.25) is 0 Å². The zero-order valence-corrected chi connectivity index (χ0v) is 9.63. The number of halogens is 1. The van der Waals surface area contributed by atoms with Crippen LogP contribution in [-0.4, -0.2) is 28.0 Å². The highest BCUT2D eigenvalue weighted by Gasteiger charge is 2.14. The molecule has 0 saturated heterocycles. The van der Waals surface area contributed by atoms with Gasteiger partial charge in [0.2, 0.25) is 5.95 Å². The minimum absolute atomic E-state index is 0.300. The second kappa shape index (κ2) is 4.87. The van der Waals surface area contributed by atoms with Gasteiger partial charge in [0.1, 0.15) is 11.3 Å². The Morgan fingerprint density at radius 1 is 1.44 bits per heavy atom. The number of methoxy groups -OCH3 is 1. The molecule has 0 unspecified atom stereocenters. The first-order chi connectivity index (χ1) is 8.60. The van der Waals surface area contributed by atoms with Gasteiger partial charge in [-0.3, -0.25) is 4.68 Å². The van der Waals surface area contributed by atoms with Gasteiger partial charge < -0.3 is 9.84 Å². The largest absolute Gasteiger partial charge is 0.497 e. The molecule has 0 amide bonds. The zero-order chi connectivity index (χ0) is 13.1. The van der Waals surface area contributed by atoms with Crippen molar-refractivity contribution in [3.63, 3.8) is 0 Å². The Morgan fingerprint density at radius 2 is 2.11 bits per heavy atom. The number of nitrogens with zero attached hydrogens (tertiary/aromatic N) is 2. The van der Waals surface area contributed by atoms with Crippen molar-refractivity contribution in [1.29, 1.82) is 0 Å². The molecule has 1 aromatic carbocycles. The number of hydrogen-bond acceptors (Lipinski definition) is 3. The highest BCUT2D eigenvalue weighted by atomic mass is 19.1. The third kappa shape index (κ3) is 2.48. The second-order valence-corrected chi connectivity index (χ2v) is 3.68. The van der Waals surface area contributed by atoms with Crippen LogP contribution in [0.3, 0.4) is 0 Å². The zero-order valence-electron chi connectivity index (χ0n) is 9.63. The minimum atomic E-state index is -1.33. The molecule has 2 rings (SSSR count). The molecule has 1 N–H and O–H groups in total. The average Bonchev–Trinajstić information content (AvgIpc) is 2.71. The fourth-order valence-electron chi connectivity index (χ4n) is 1.54. The van der Waals surface area contributed by atoms with Gasteiger partial charge in [-0.25, -0.2) is 4.79 Å². The molecule has 1 aromatic heterocycles. The molecular formula is C12H11FN2O3. The van der Waals surface area contributed by atoms with E-state index >= 15 is 0 Å². The van der Waals surface area contributed by atoms with E-state index in [1.165, 1.54) is 10.9 Å². The smallest absolute Gasteiger partial charge is 0.342 e.